The number of amides is 1. The number of nitro groups is 1. The lowest BCUT2D eigenvalue weighted by atomic mass is 9.55. The fourth-order valence-corrected chi connectivity index (χ4v) is 11.2. The van der Waals surface area contributed by atoms with Crippen molar-refractivity contribution in [3.8, 4) is 28.4 Å². The Morgan fingerprint density at radius 3 is 2.16 bits per heavy atom. The Balaban J connectivity index is 1.26. The number of carbonyl (C=O) groups is 1. The summed E-state index contributed by atoms with van der Waals surface area (Å²) in [4.78, 5) is 33.2. The van der Waals surface area contributed by atoms with Crippen LogP contribution in [0.3, 0.4) is 0 Å². The maximum absolute atomic E-state index is 14.4. The molecule has 0 radical (unpaired) electrons. The molecule has 0 aromatic heterocycles. The Hall–Kier alpha value is -6.02. The molecule has 73 heavy (non-hydrogen) atoms. The second-order valence-corrected chi connectivity index (χ2v) is 19.9. The Labute approximate surface area is 432 Å². The number of nitrogens with zero attached hydrogens (tertiary/aromatic N) is 3. The number of ether oxygens (including phenoxy) is 4. The third kappa shape index (κ3) is 14.2. The van der Waals surface area contributed by atoms with Crippen LogP contribution in [-0.4, -0.2) is 77.1 Å². The average Bonchev–Trinajstić information content (AvgIpc) is 3.41. The molecule has 4 aromatic carbocycles. The molecule has 392 valence electrons. The van der Waals surface area contributed by atoms with Gasteiger partial charge in [0.2, 0.25) is 5.79 Å². The molecule has 0 spiro atoms. The van der Waals surface area contributed by atoms with Crippen LogP contribution >= 0.6 is 0 Å². The van der Waals surface area contributed by atoms with Crippen LogP contribution in [0.4, 0.5) is 10.5 Å². The van der Waals surface area contributed by atoms with E-state index in [1.165, 1.54) is 57.1 Å². The number of aliphatic hydroxyl groups is 2. The van der Waals surface area contributed by atoms with Crippen LogP contribution in [0.1, 0.15) is 133 Å². The zero-order chi connectivity index (χ0) is 51.4. The molecule has 13 nitrogen and oxygen atoms in total. The van der Waals surface area contributed by atoms with Crippen molar-refractivity contribution in [3.63, 3.8) is 0 Å². The highest BCUT2D eigenvalue weighted by atomic mass is 16.7. The fraction of sp³-hybridized carbons (Fsp3) is 0.500. The number of benzene rings is 4. The van der Waals surface area contributed by atoms with Crippen molar-refractivity contribution >= 4 is 17.5 Å². The maximum atomic E-state index is 14.4. The zero-order valence-corrected chi connectivity index (χ0v) is 43.0. The van der Waals surface area contributed by atoms with Gasteiger partial charge in [-0.25, -0.2) is 4.79 Å². The molecule has 1 amide bonds. The smallest absolute Gasteiger partial charge is 0.409 e. The largest absolute Gasteiger partial charge is 0.459 e. The lowest BCUT2D eigenvalue weighted by molar-refractivity contribution is -0.384. The van der Waals surface area contributed by atoms with E-state index in [0.29, 0.717) is 41.4 Å². The standard InChI is InChI=1S/C60H77N3O10/c1-4-6-7-8-9-10-11-12-13-21-39-69-59(66)62(3)56-42-54(61-71-43-44-26-30-48(31-27-44)63(67)68)52-40-47(24-17-19-36-64)51(25-18-20-37-65)57-53-41-50(34-35-55(53)73-60(56,58(52)57)70-38-5-2)72-49-32-28-46(29-33-49)45-22-15-14-16-23-45/h5,14-16,22-23,26-35,40-41,47,51,56-58,64-65H,2,4,6-13,17-21,24-25,36-39,42-43H2,1,3H3. The summed E-state index contributed by atoms with van der Waals surface area (Å²) in [7, 11) is 1.74. The first-order chi connectivity index (χ1) is 35.7. The van der Waals surface area contributed by atoms with Crippen LogP contribution < -0.4 is 9.47 Å². The topological polar surface area (TPSA) is 162 Å². The van der Waals surface area contributed by atoms with Gasteiger partial charge in [0.1, 0.15) is 29.9 Å². The number of non-ortho nitro benzene ring substituents is 1. The summed E-state index contributed by atoms with van der Waals surface area (Å²) in [5.41, 5.74) is 5.34. The number of likely N-dealkylation sites (N-methyl/N-ethyl adjacent to an activating group) is 1. The molecular weight excluding hydrogens is 923 g/mol. The minimum absolute atomic E-state index is 0.0170. The Morgan fingerprint density at radius 1 is 0.836 bits per heavy atom. The van der Waals surface area contributed by atoms with Crippen molar-refractivity contribution in [1.29, 1.82) is 0 Å². The highest BCUT2D eigenvalue weighted by Crippen LogP contribution is 2.62. The lowest BCUT2D eigenvalue weighted by Gasteiger charge is -2.59. The number of allylic oxidation sites excluding steroid dienone is 1. The summed E-state index contributed by atoms with van der Waals surface area (Å²) in [5.74, 6) is -0.242. The Bertz CT molecular complexity index is 2430. The van der Waals surface area contributed by atoms with Crippen molar-refractivity contribution in [2.24, 2.45) is 22.9 Å². The Morgan fingerprint density at radius 2 is 1.49 bits per heavy atom. The summed E-state index contributed by atoms with van der Waals surface area (Å²) < 4.78 is 27.1. The lowest BCUT2D eigenvalue weighted by Crippen LogP contribution is -2.69. The van der Waals surface area contributed by atoms with E-state index in [0.717, 1.165) is 67.2 Å². The van der Waals surface area contributed by atoms with Crippen molar-refractivity contribution < 1.29 is 43.7 Å². The maximum Gasteiger partial charge on any atom is 0.409 e. The molecule has 7 rings (SSSR count). The van der Waals surface area contributed by atoms with E-state index in [1.54, 1.807) is 30.2 Å². The van der Waals surface area contributed by atoms with Crippen molar-refractivity contribution in [1.82, 2.24) is 4.90 Å². The number of nitro benzene ring substituents is 1. The predicted molar refractivity (Wildman–Crippen MR) is 286 cm³/mol. The number of hydrogen-bond donors (Lipinski definition) is 2. The number of rotatable bonds is 30. The van der Waals surface area contributed by atoms with Crippen LogP contribution in [0, 0.1) is 27.9 Å². The molecular formula is C60H77N3O10. The second-order valence-electron chi connectivity index (χ2n) is 19.9. The van der Waals surface area contributed by atoms with Crippen LogP contribution in [0.25, 0.3) is 11.1 Å². The quantitative estimate of drug-likeness (QED) is 0.0222. The minimum Gasteiger partial charge on any atom is -0.459 e. The molecule has 0 saturated heterocycles. The van der Waals surface area contributed by atoms with Gasteiger partial charge < -0.3 is 38.9 Å². The monoisotopic (exact) mass is 1000 g/mol. The molecule has 13 heteroatoms. The van der Waals surface area contributed by atoms with E-state index in [-0.39, 0.29) is 62.9 Å². The van der Waals surface area contributed by atoms with Gasteiger partial charge in [-0.1, -0.05) is 137 Å². The minimum atomic E-state index is -1.44. The summed E-state index contributed by atoms with van der Waals surface area (Å²) in [6.07, 6.45) is 19.8. The third-order valence-corrected chi connectivity index (χ3v) is 14.9. The molecule has 1 heterocycles. The zero-order valence-electron chi connectivity index (χ0n) is 43.0. The highest BCUT2D eigenvalue weighted by molar-refractivity contribution is 6.03. The predicted octanol–water partition coefficient (Wildman–Crippen LogP) is 13.9. The van der Waals surface area contributed by atoms with Crippen molar-refractivity contribution in [2.75, 3.05) is 33.5 Å². The molecule has 6 unspecified atom stereocenters. The number of aliphatic hydroxyl groups excluding tert-OH is 2. The second kappa shape index (κ2) is 27.9. The first-order valence-corrected chi connectivity index (χ1v) is 26.9. The molecule has 0 bridgehead atoms. The van der Waals surface area contributed by atoms with Gasteiger partial charge in [0.15, 0.2) is 0 Å². The van der Waals surface area contributed by atoms with Crippen molar-refractivity contribution in [2.45, 2.75) is 140 Å². The van der Waals surface area contributed by atoms with Crippen LogP contribution in [0.2, 0.25) is 0 Å². The van der Waals surface area contributed by atoms with Gasteiger partial charge >= 0.3 is 6.09 Å². The molecule has 1 saturated carbocycles. The Kier molecular flexibility index (Phi) is 20.9. The van der Waals surface area contributed by atoms with Gasteiger partial charge in [-0.2, -0.15) is 0 Å². The summed E-state index contributed by atoms with van der Waals surface area (Å²) >= 11 is 0. The molecule has 3 aliphatic rings. The van der Waals surface area contributed by atoms with Gasteiger partial charge in [0.05, 0.1) is 29.8 Å². The summed E-state index contributed by atoms with van der Waals surface area (Å²) in [5, 5.41) is 36.4. The van der Waals surface area contributed by atoms with Gasteiger partial charge in [-0.05, 0) is 109 Å². The summed E-state index contributed by atoms with van der Waals surface area (Å²) in [6.45, 7) is 6.90. The van der Waals surface area contributed by atoms with E-state index in [2.05, 4.69) is 49.9 Å². The first kappa shape index (κ1) is 54.7. The normalized spacial score (nSPS) is 21.3. The highest BCUT2D eigenvalue weighted by Gasteiger charge is 2.65. The molecule has 2 aliphatic carbocycles. The number of hydrogen-bond acceptors (Lipinski definition) is 11. The fourth-order valence-electron chi connectivity index (χ4n) is 11.2. The van der Waals surface area contributed by atoms with Gasteiger partial charge in [-0.15, -0.1) is 6.58 Å². The van der Waals surface area contributed by atoms with E-state index < -0.39 is 28.8 Å². The molecule has 6 atom stereocenters. The van der Waals surface area contributed by atoms with Crippen LogP contribution in [0.15, 0.2) is 127 Å². The number of carbonyl (C=O) groups excluding carboxylic acids is 1. The van der Waals surface area contributed by atoms with E-state index >= 15 is 0 Å². The van der Waals surface area contributed by atoms with E-state index in [4.69, 9.17) is 28.9 Å². The molecule has 1 fully saturated rings. The van der Waals surface area contributed by atoms with Crippen LogP contribution in [0.5, 0.6) is 17.2 Å². The molecule has 1 aliphatic heterocycles. The van der Waals surface area contributed by atoms with Crippen LogP contribution in [-0.2, 0) is 20.9 Å². The van der Waals surface area contributed by atoms with Crippen molar-refractivity contribution in [3.05, 3.63) is 143 Å². The number of oxime groups is 1. The number of fused-ring (bicyclic) bond motifs is 2. The first-order valence-electron chi connectivity index (χ1n) is 26.9. The molecule has 4 aromatic rings. The third-order valence-electron chi connectivity index (χ3n) is 14.9. The van der Waals surface area contributed by atoms with Gasteiger partial charge in [-0.3, -0.25) is 10.1 Å². The number of unbranched alkanes of at least 4 members (excludes halogenated alkanes) is 11. The average molecular weight is 1000 g/mol. The molecule has 2 N–H and O–H groups in total. The SMILES string of the molecule is C=CCOC12Oc3ccc(Oc4ccc(-c5ccccc5)cc4)cc3C3C(CCCCO)C(CCCCO)C=C(C(=NOCc4ccc([N+](=O)[O-])cc4)CC1N(C)C(=O)OCCCCCCCCCCCC)C32. The summed E-state index contributed by atoms with van der Waals surface area (Å²) in [6, 6.07) is 29.6. The van der Waals surface area contributed by atoms with Gasteiger partial charge in [0, 0.05) is 50.3 Å². The van der Waals surface area contributed by atoms with E-state index in [9.17, 15) is 25.1 Å². The van der Waals surface area contributed by atoms with Gasteiger partial charge in [0.25, 0.3) is 5.69 Å². The van der Waals surface area contributed by atoms with E-state index in [1.807, 2.05) is 42.5 Å².